The summed E-state index contributed by atoms with van der Waals surface area (Å²) >= 11 is 0. The second-order valence-corrected chi connectivity index (χ2v) is 8.46. The van der Waals surface area contributed by atoms with Gasteiger partial charge in [0.1, 0.15) is 11.3 Å². The molecule has 2 aromatic carbocycles. The van der Waals surface area contributed by atoms with Crippen LogP contribution in [0.15, 0.2) is 73.1 Å². The molecule has 6 rings (SSSR count). The van der Waals surface area contributed by atoms with Crippen LogP contribution >= 0.6 is 0 Å². The lowest BCUT2D eigenvalue weighted by molar-refractivity contribution is -0.128. The maximum atomic E-state index is 12.7. The van der Waals surface area contributed by atoms with E-state index in [0.717, 1.165) is 27.5 Å². The fourth-order valence-electron chi connectivity index (χ4n) is 4.66. The van der Waals surface area contributed by atoms with Crippen LogP contribution in [0.3, 0.4) is 0 Å². The molecule has 162 valence electrons. The molecule has 0 spiro atoms. The summed E-state index contributed by atoms with van der Waals surface area (Å²) in [7, 11) is 0. The van der Waals surface area contributed by atoms with Crippen LogP contribution in [0, 0.1) is 0 Å². The minimum atomic E-state index is 0.140. The van der Waals surface area contributed by atoms with Gasteiger partial charge < -0.3 is 15.6 Å². The predicted molar refractivity (Wildman–Crippen MR) is 128 cm³/mol. The predicted octanol–water partition coefficient (Wildman–Crippen LogP) is 4.27. The Labute approximate surface area is 190 Å². The molecule has 0 bridgehead atoms. The number of nitrogen functional groups attached to an aromatic ring is 1. The average molecular weight is 435 g/mol. The number of likely N-dealkylation sites (tertiary alicyclic amines) is 1. The summed E-state index contributed by atoms with van der Waals surface area (Å²) in [5, 5.41) is 0.945. The number of aromatic nitrogens is 4. The molecule has 4 heterocycles. The number of nitrogens with two attached hydrogens (primary N) is 1. The van der Waals surface area contributed by atoms with Crippen LogP contribution in [0.1, 0.15) is 23.7 Å². The van der Waals surface area contributed by atoms with E-state index < -0.39 is 0 Å². The van der Waals surface area contributed by atoms with Gasteiger partial charge in [0.05, 0.1) is 17.6 Å². The number of carbonyl (C=O) groups is 1. The molecule has 0 saturated carbocycles. The lowest BCUT2D eigenvalue weighted by Crippen LogP contribution is -2.25. The smallest absolute Gasteiger partial charge is 0.223 e. The highest BCUT2D eigenvalue weighted by Crippen LogP contribution is 2.32. The van der Waals surface area contributed by atoms with E-state index in [1.54, 1.807) is 6.20 Å². The number of rotatable bonds is 4. The zero-order valence-corrected chi connectivity index (χ0v) is 17.9. The molecule has 1 amide bonds. The molecule has 1 aliphatic heterocycles. The zero-order chi connectivity index (χ0) is 22.4. The first kappa shape index (κ1) is 19.4. The summed E-state index contributed by atoms with van der Waals surface area (Å²) in [5.41, 5.74) is 11.8. The normalized spacial score (nSPS) is 16.2. The van der Waals surface area contributed by atoms with Gasteiger partial charge in [0.2, 0.25) is 5.91 Å². The Morgan fingerprint density at radius 2 is 1.91 bits per heavy atom. The van der Waals surface area contributed by atoms with Gasteiger partial charge in [0.15, 0.2) is 5.82 Å². The highest BCUT2D eigenvalue weighted by atomic mass is 16.2. The Hall–Kier alpha value is -4.26. The van der Waals surface area contributed by atoms with Gasteiger partial charge in [0.25, 0.3) is 0 Å². The van der Waals surface area contributed by atoms with Gasteiger partial charge in [0, 0.05) is 42.2 Å². The van der Waals surface area contributed by atoms with E-state index in [1.165, 1.54) is 5.56 Å². The van der Waals surface area contributed by atoms with Crippen LogP contribution in [0.4, 0.5) is 5.82 Å². The Morgan fingerprint density at radius 1 is 1.03 bits per heavy atom. The topological polar surface area (TPSA) is 101 Å². The second kappa shape index (κ2) is 7.70. The number of aromatic amines is 1. The van der Waals surface area contributed by atoms with E-state index in [9.17, 15) is 4.79 Å². The van der Waals surface area contributed by atoms with Gasteiger partial charge in [-0.15, -0.1) is 0 Å². The van der Waals surface area contributed by atoms with Crippen molar-refractivity contribution in [3.05, 3.63) is 84.4 Å². The summed E-state index contributed by atoms with van der Waals surface area (Å²) in [6, 6.07) is 20.2. The van der Waals surface area contributed by atoms with Crippen molar-refractivity contribution in [3.8, 4) is 11.1 Å². The lowest BCUT2D eigenvalue weighted by Gasteiger charge is -2.15. The van der Waals surface area contributed by atoms with Crippen LogP contribution in [-0.2, 0) is 11.3 Å². The van der Waals surface area contributed by atoms with Gasteiger partial charge >= 0.3 is 0 Å². The number of hydrogen-bond donors (Lipinski definition) is 2. The van der Waals surface area contributed by atoms with Crippen molar-refractivity contribution >= 4 is 33.7 Å². The third-order valence-corrected chi connectivity index (χ3v) is 6.32. The third-order valence-electron chi connectivity index (χ3n) is 6.32. The van der Waals surface area contributed by atoms with Gasteiger partial charge in [-0.3, -0.25) is 9.78 Å². The number of hydrogen-bond acceptors (Lipinski definition) is 5. The van der Waals surface area contributed by atoms with Crippen molar-refractivity contribution in [1.82, 2.24) is 24.8 Å². The van der Waals surface area contributed by atoms with Crippen molar-refractivity contribution in [3.63, 3.8) is 0 Å². The molecule has 3 aromatic heterocycles. The third kappa shape index (κ3) is 3.47. The monoisotopic (exact) mass is 434 g/mol. The highest BCUT2D eigenvalue weighted by molar-refractivity contribution is 6.07. The van der Waals surface area contributed by atoms with E-state index >= 15 is 0 Å². The van der Waals surface area contributed by atoms with Gasteiger partial charge in [-0.1, -0.05) is 48.5 Å². The molecule has 5 aromatic rings. The van der Waals surface area contributed by atoms with E-state index in [-0.39, 0.29) is 11.8 Å². The van der Waals surface area contributed by atoms with Crippen molar-refractivity contribution in [1.29, 1.82) is 0 Å². The number of nitrogens with zero attached hydrogens (tertiary/aromatic N) is 4. The molecule has 3 N–H and O–H groups in total. The molecule has 0 radical (unpaired) electrons. The molecule has 1 unspecified atom stereocenters. The maximum absolute atomic E-state index is 12.7. The number of benzene rings is 2. The van der Waals surface area contributed by atoms with Crippen LogP contribution in [0.5, 0.6) is 0 Å². The molecule has 7 nitrogen and oxygen atoms in total. The van der Waals surface area contributed by atoms with Gasteiger partial charge in [-0.2, -0.15) is 0 Å². The highest BCUT2D eigenvalue weighted by Gasteiger charge is 2.31. The number of nitrogens with one attached hydrogen (secondary N) is 1. The molecular formula is C26H22N6O. The average Bonchev–Trinajstić information content (AvgIpc) is 3.44. The molecular weight excluding hydrogens is 412 g/mol. The zero-order valence-electron chi connectivity index (χ0n) is 17.9. The lowest BCUT2D eigenvalue weighted by atomic mass is 9.99. The Morgan fingerprint density at radius 3 is 2.73 bits per heavy atom. The maximum Gasteiger partial charge on any atom is 0.223 e. The first-order chi connectivity index (χ1) is 16.2. The summed E-state index contributed by atoms with van der Waals surface area (Å²) in [6.45, 7) is 1.11. The molecule has 33 heavy (non-hydrogen) atoms. The van der Waals surface area contributed by atoms with Crippen molar-refractivity contribution in [2.75, 3.05) is 12.3 Å². The minimum Gasteiger partial charge on any atom is -0.382 e. The summed E-state index contributed by atoms with van der Waals surface area (Å²) in [6.07, 6.45) is 4.10. The van der Waals surface area contributed by atoms with Crippen LogP contribution in [0.2, 0.25) is 0 Å². The Kier molecular flexibility index (Phi) is 4.54. The quantitative estimate of drug-likeness (QED) is 0.440. The number of amides is 1. The molecule has 0 aliphatic carbocycles. The Bertz CT molecular complexity index is 1480. The first-order valence-electron chi connectivity index (χ1n) is 11.0. The number of imidazole rings is 1. The fraction of sp³-hybridized carbons (Fsp3) is 0.154. The van der Waals surface area contributed by atoms with E-state index in [4.69, 9.17) is 10.7 Å². The van der Waals surface area contributed by atoms with E-state index in [2.05, 4.69) is 27.1 Å². The second-order valence-electron chi connectivity index (χ2n) is 8.46. The largest absolute Gasteiger partial charge is 0.382 e. The summed E-state index contributed by atoms with van der Waals surface area (Å²) in [5.74, 6) is 1.44. The van der Waals surface area contributed by atoms with Crippen molar-refractivity contribution < 1.29 is 4.79 Å². The standard InChI is InChI=1S/C26H22N6O/c27-26-25-24(20-9-8-17(11-21(20)29-26)18-7-4-10-28-13-18)30-22(31-25)15-32-14-19(12-23(32)33)16-5-2-1-3-6-16/h1-11,13,19H,12,14-15H2,(H2,27,29)(H,30,31). The minimum absolute atomic E-state index is 0.140. The summed E-state index contributed by atoms with van der Waals surface area (Å²) < 4.78 is 0. The molecule has 1 fully saturated rings. The first-order valence-corrected chi connectivity index (χ1v) is 11.0. The van der Waals surface area contributed by atoms with Crippen LogP contribution < -0.4 is 5.73 Å². The van der Waals surface area contributed by atoms with E-state index in [0.29, 0.717) is 36.7 Å². The van der Waals surface area contributed by atoms with Gasteiger partial charge in [-0.05, 0) is 23.3 Å². The van der Waals surface area contributed by atoms with Crippen LogP contribution in [0.25, 0.3) is 33.1 Å². The van der Waals surface area contributed by atoms with Crippen molar-refractivity contribution in [2.24, 2.45) is 0 Å². The number of carbonyl (C=O) groups excluding carboxylic acids is 1. The Balaban J connectivity index is 1.32. The molecule has 7 heteroatoms. The van der Waals surface area contributed by atoms with Crippen LogP contribution in [-0.4, -0.2) is 37.3 Å². The molecule has 1 atom stereocenters. The van der Waals surface area contributed by atoms with Crippen molar-refractivity contribution in [2.45, 2.75) is 18.9 Å². The molecule has 1 aliphatic rings. The summed E-state index contributed by atoms with van der Waals surface area (Å²) in [4.78, 5) is 31.4. The number of H-pyrrole nitrogens is 1. The molecule has 1 saturated heterocycles. The fourth-order valence-corrected chi connectivity index (χ4v) is 4.66. The van der Waals surface area contributed by atoms with E-state index in [1.807, 2.05) is 59.6 Å². The number of pyridine rings is 2. The SMILES string of the molecule is Nc1nc2cc(-c3cccnc3)ccc2c2[nH]c(CN3CC(c4ccccc4)CC3=O)nc12. The number of anilines is 1. The van der Waals surface area contributed by atoms with Gasteiger partial charge in [-0.25, -0.2) is 9.97 Å². The number of fused-ring (bicyclic) bond motifs is 3.